The Morgan fingerprint density at radius 2 is 2.00 bits per heavy atom. The van der Waals surface area contributed by atoms with Gasteiger partial charge in [-0.3, -0.25) is 4.90 Å². The molecule has 0 aromatic heterocycles. The van der Waals surface area contributed by atoms with E-state index in [9.17, 15) is 0 Å². The average molecular weight is 252 g/mol. The van der Waals surface area contributed by atoms with E-state index in [1.807, 2.05) is 0 Å². The molecule has 1 heterocycles. The van der Waals surface area contributed by atoms with Crippen LogP contribution in [-0.2, 0) is 0 Å². The summed E-state index contributed by atoms with van der Waals surface area (Å²) in [6, 6.07) is 1.71. The second-order valence-corrected chi connectivity index (χ2v) is 6.89. The molecule has 1 aliphatic heterocycles. The first kappa shape index (κ1) is 14.3. The summed E-state index contributed by atoms with van der Waals surface area (Å²) in [4.78, 5) is 2.77. The summed E-state index contributed by atoms with van der Waals surface area (Å²) in [6.07, 6.45) is 9.66. The molecule has 2 aliphatic rings. The van der Waals surface area contributed by atoms with Gasteiger partial charge in [0.1, 0.15) is 0 Å². The molecule has 0 amide bonds. The van der Waals surface area contributed by atoms with Crippen LogP contribution in [0.25, 0.3) is 0 Å². The smallest absolute Gasteiger partial charge is 0.00933 e. The number of likely N-dealkylation sites (tertiary alicyclic amines) is 1. The number of nitrogens with one attached hydrogen (secondary N) is 1. The van der Waals surface area contributed by atoms with Gasteiger partial charge < -0.3 is 5.32 Å². The first-order valence-corrected chi connectivity index (χ1v) is 8.14. The highest BCUT2D eigenvalue weighted by molar-refractivity contribution is 4.89. The van der Waals surface area contributed by atoms with Gasteiger partial charge in [-0.2, -0.15) is 0 Å². The number of nitrogens with zero attached hydrogens (tertiary/aromatic N) is 1. The van der Waals surface area contributed by atoms with E-state index in [0.717, 1.165) is 12.1 Å². The van der Waals surface area contributed by atoms with Crippen molar-refractivity contribution in [2.24, 2.45) is 5.41 Å². The molecule has 1 N–H and O–H groups in total. The van der Waals surface area contributed by atoms with Crippen molar-refractivity contribution in [1.82, 2.24) is 10.2 Å². The number of rotatable bonds is 8. The monoisotopic (exact) mass is 252 g/mol. The minimum Gasteiger partial charge on any atom is -0.313 e. The third kappa shape index (κ3) is 3.96. The molecule has 2 nitrogen and oxygen atoms in total. The highest BCUT2D eigenvalue weighted by atomic mass is 15.2. The molecule has 2 heteroatoms. The molecule has 1 aliphatic carbocycles. The third-order valence-corrected chi connectivity index (χ3v) is 4.80. The van der Waals surface area contributed by atoms with Crippen LogP contribution in [0.3, 0.4) is 0 Å². The fourth-order valence-electron chi connectivity index (χ4n) is 3.56. The molecule has 2 rings (SSSR count). The Morgan fingerprint density at radius 1 is 1.22 bits per heavy atom. The van der Waals surface area contributed by atoms with Crippen LogP contribution in [0.15, 0.2) is 0 Å². The van der Waals surface area contributed by atoms with Gasteiger partial charge in [0.15, 0.2) is 0 Å². The predicted molar refractivity (Wildman–Crippen MR) is 78.9 cm³/mol. The Hall–Kier alpha value is -0.0800. The fourth-order valence-corrected chi connectivity index (χ4v) is 3.56. The Labute approximate surface area is 114 Å². The molecule has 2 fully saturated rings. The van der Waals surface area contributed by atoms with Crippen molar-refractivity contribution in [3.05, 3.63) is 0 Å². The average Bonchev–Trinajstić information content (AvgIpc) is 3.07. The lowest BCUT2D eigenvalue weighted by Crippen LogP contribution is -2.44. The van der Waals surface area contributed by atoms with E-state index in [2.05, 4.69) is 31.0 Å². The topological polar surface area (TPSA) is 15.3 Å². The van der Waals surface area contributed by atoms with Crippen molar-refractivity contribution in [3.63, 3.8) is 0 Å². The lowest BCUT2D eigenvalue weighted by Gasteiger charge is -2.36. The summed E-state index contributed by atoms with van der Waals surface area (Å²) in [5, 5.41) is 3.76. The van der Waals surface area contributed by atoms with Gasteiger partial charge in [-0.15, -0.1) is 0 Å². The molecular weight excluding hydrogens is 220 g/mol. The van der Waals surface area contributed by atoms with Crippen LogP contribution in [-0.4, -0.2) is 36.6 Å². The highest BCUT2D eigenvalue weighted by Crippen LogP contribution is 2.30. The Morgan fingerprint density at radius 3 is 2.61 bits per heavy atom. The third-order valence-electron chi connectivity index (χ3n) is 4.80. The molecule has 1 saturated carbocycles. The minimum atomic E-state index is 0.481. The lowest BCUT2D eigenvalue weighted by atomic mass is 9.84. The van der Waals surface area contributed by atoms with Crippen LogP contribution >= 0.6 is 0 Å². The Kier molecular flexibility index (Phi) is 5.08. The van der Waals surface area contributed by atoms with E-state index in [1.54, 1.807) is 0 Å². The zero-order chi connectivity index (χ0) is 13.0. The van der Waals surface area contributed by atoms with Gasteiger partial charge in [-0.1, -0.05) is 27.2 Å². The molecule has 0 spiro atoms. The van der Waals surface area contributed by atoms with Crippen LogP contribution in [0.2, 0.25) is 0 Å². The molecule has 106 valence electrons. The van der Waals surface area contributed by atoms with E-state index in [-0.39, 0.29) is 0 Å². The Balaban J connectivity index is 1.86. The summed E-state index contributed by atoms with van der Waals surface area (Å²) < 4.78 is 0. The van der Waals surface area contributed by atoms with E-state index >= 15 is 0 Å². The SMILES string of the molecule is CCCC(C)(CNC1CC1)CN1CCCC1CC. The first-order valence-electron chi connectivity index (χ1n) is 8.14. The van der Waals surface area contributed by atoms with E-state index in [0.29, 0.717) is 5.41 Å². The van der Waals surface area contributed by atoms with Crippen molar-refractivity contribution >= 4 is 0 Å². The van der Waals surface area contributed by atoms with Gasteiger partial charge in [0.25, 0.3) is 0 Å². The van der Waals surface area contributed by atoms with Gasteiger partial charge >= 0.3 is 0 Å². The van der Waals surface area contributed by atoms with Crippen LogP contribution in [0, 0.1) is 5.41 Å². The summed E-state index contributed by atoms with van der Waals surface area (Å²) in [7, 11) is 0. The summed E-state index contributed by atoms with van der Waals surface area (Å²) in [5.41, 5.74) is 0.481. The molecule has 2 atom stereocenters. The number of hydrogen-bond donors (Lipinski definition) is 1. The fraction of sp³-hybridized carbons (Fsp3) is 1.00. The summed E-state index contributed by atoms with van der Waals surface area (Å²) in [5.74, 6) is 0. The molecule has 0 radical (unpaired) electrons. The van der Waals surface area contributed by atoms with Crippen molar-refractivity contribution < 1.29 is 0 Å². The molecule has 1 saturated heterocycles. The van der Waals surface area contributed by atoms with Gasteiger partial charge in [0, 0.05) is 25.2 Å². The van der Waals surface area contributed by atoms with Crippen molar-refractivity contribution in [3.8, 4) is 0 Å². The van der Waals surface area contributed by atoms with Crippen LogP contribution in [0.5, 0.6) is 0 Å². The maximum Gasteiger partial charge on any atom is 0.00933 e. The van der Waals surface area contributed by atoms with Crippen LogP contribution in [0.4, 0.5) is 0 Å². The van der Waals surface area contributed by atoms with E-state index < -0.39 is 0 Å². The maximum atomic E-state index is 3.76. The zero-order valence-corrected chi connectivity index (χ0v) is 12.7. The number of hydrogen-bond acceptors (Lipinski definition) is 2. The summed E-state index contributed by atoms with van der Waals surface area (Å²) in [6.45, 7) is 11.0. The molecular formula is C16H32N2. The quantitative estimate of drug-likeness (QED) is 0.712. The lowest BCUT2D eigenvalue weighted by molar-refractivity contribution is 0.136. The first-order chi connectivity index (χ1) is 8.67. The van der Waals surface area contributed by atoms with Gasteiger partial charge in [0.05, 0.1) is 0 Å². The predicted octanol–water partition coefficient (Wildman–Crippen LogP) is 3.42. The molecule has 2 unspecified atom stereocenters. The highest BCUT2D eigenvalue weighted by Gasteiger charge is 2.33. The normalized spacial score (nSPS) is 28.5. The standard InChI is InChI=1S/C16H32N2/c1-4-10-16(3,12-17-14-8-9-14)13-18-11-6-7-15(18)5-2/h14-15,17H,4-13H2,1-3H3. The summed E-state index contributed by atoms with van der Waals surface area (Å²) >= 11 is 0. The minimum absolute atomic E-state index is 0.481. The van der Waals surface area contributed by atoms with Crippen molar-refractivity contribution in [1.29, 1.82) is 0 Å². The maximum absolute atomic E-state index is 3.76. The van der Waals surface area contributed by atoms with E-state index in [1.165, 1.54) is 64.6 Å². The molecule has 0 aromatic carbocycles. The van der Waals surface area contributed by atoms with Crippen molar-refractivity contribution in [2.45, 2.75) is 77.8 Å². The van der Waals surface area contributed by atoms with Crippen molar-refractivity contribution in [2.75, 3.05) is 19.6 Å². The largest absolute Gasteiger partial charge is 0.313 e. The van der Waals surface area contributed by atoms with Gasteiger partial charge in [-0.25, -0.2) is 0 Å². The van der Waals surface area contributed by atoms with Crippen LogP contribution in [0.1, 0.15) is 65.7 Å². The van der Waals surface area contributed by atoms with Gasteiger partial charge in [0.2, 0.25) is 0 Å². The molecule has 0 bridgehead atoms. The second kappa shape index (κ2) is 6.38. The van der Waals surface area contributed by atoms with Crippen LogP contribution < -0.4 is 5.32 Å². The van der Waals surface area contributed by atoms with Gasteiger partial charge in [-0.05, 0) is 50.5 Å². The molecule has 18 heavy (non-hydrogen) atoms. The zero-order valence-electron chi connectivity index (χ0n) is 12.7. The second-order valence-electron chi connectivity index (χ2n) is 6.89. The Bertz CT molecular complexity index is 249. The molecule has 0 aromatic rings. The van der Waals surface area contributed by atoms with E-state index in [4.69, 9.17) is 0 Å².